The first-order chi connectivity index (χ1) is 9.49. The third kappa shape index (κ3) is 15.5. The van der Waals surface area contributed by atoms with Crippen molar-refractivity contribution < 1.29 is 9.59 Å². The maximum atomic E-state index is 11.7. The Kier molecular flexibility index (Phi) is 9.08. The van der Waals surface area contributed by atoms with Crippen LogP contribution in [0.25, 0.3) is 0 Å². The summed E-state index contributed by atoms with van der Waals surface area (Å²) >= 11 is 0. The SMILES string of the molecule is CC(C)(C)CCCC(=O)CCCC(=O)CCCC(C)(C)C. The van der Waals surface area contributed by atoms with Gasteiger partial charge in [-0.1, -0.05) is 41.5 Å². The van der Waals surface area contributed by atoms with Gasteiger partial charge in [0.2, 0.25) is 0 Å². The highest BCUT2D eigenvalue weighted by atomic mass is 16.1. The number of carbonyl (C=O) groups excluding carboxylic acids is 2. The zero-order valence-electron chi connectivity index (χ0n) is 15.2. The molecule has 0 aromatic heterocycles. The van der Waals surface area contributed by atoms with E-state index in [4.69, 9.17) is 0 Å². The molecule has 0 fully saturated rings. The second kappa shape index (κ2) is 9.38. The molecule has 124 valence electrons. The molecule has 0 radical (unpaired) electrons. The lowest BCUT2D eigenvalue weighted by atomic mass is 9.88. The van der Waals surface area contributed by atoms with Crippen LogP contribution < -0.4 is 0 Å². The Bertz CT molecular complexity index is 283. The van der Waals surface area contributed by atoms with Gasteiger partial charge in [-0.3, -0.25) is 9.59 Å². The van der Waals surface area contributed by atoms with Gasteiger partial charge in [0.1, 0.15) is 11.6 Å². The van der Waals surface area contributed by atoms with Crippen LogP contribution in [0.5, 0.6) is 0 Å². The van der Waals surface area contributed by atoms with Crippen molar-refractivity contribution >= 4 is 11.6 Å². The second-order valence-corrected chi connectivity index (χ2v) is 8.76. The molecule has 0 aromatic carbocycles. The lowest BCUT2D eigenvalue weighted by Gasteiger charge is -2.17. The van der Waals surface area contributed by atoms with Gasteiger partial charge in [-0.2, -0.15) is 0 Å². The predicted octanol–water partition coefficient (Wildman–Crippen LogP) is 5.73. The average Bonchev–Trinajstić information content (AvgIpc) is 2.25. The Hall–Kier alpha value is -0.660. The van der Waals surface area contributed by atoms with Gasteiger partial charge in [0.05, 0.1) is 0 Å². The third-order valence-electron chi connectivity index (χ3n) is 3.68. The first-order valence-corrected chi connectivity index (χ1v) is 8.53. The van der Waals surface area contributed by atoms with Crippen molar-refractivity contribution in [3.63, 3.8) is 0 Å². The normalized spacial score (nSPS) is 12.5. The van der Waals surface area contributed by atoms with Crippen LogP contribution in [0.15, 0.2) is 0 Å². The maximum Gasteiger partial charge on any atom is 0.132 e. The van der Waals surface area contributed by atoms with Crippen molar-refractivity contribution in [1.29, 1.82) is 0 Å². The third-order valence-corrected chi connectivity index (χ3v) is 3.68. The standard InChI is InChI=1S/C19H36O2/c1-18(2,3)14-8-12-16(20)10-7-11-17(21)13-9-15-19(4,5)6/h7-15H2,1-6H3. The quantitative estimate of drug-likeness (QED) is 0.516. The minimum Gasteiger partial charge on any atom is -0.300 e. The first kappa shape index (κ1) is 20.3. The first-order valence-electron chi connectivity index (χ1n) is 8.53. The van der Waals surface area contributed by atoms with E-state index in [0.717, 1.165) is 32.1 Å². The molecule has 2 heteroatoms. The Balaban J connectivity index is 3.60. The minimum atomic E-state index is 0.309. The van der Waals surface area contributed by atoms with Crippen molar-refractivity contribution in [3.8, 4) is 0 Å². The maximum absolute atomic E-state index is 11.7. The molecule has 2 nitrogen and oxygen atoms in total. The molecule has 0 heterocycles. The van der Waals surface area contributed by atoms with E-state index in [-0.39, 0.29) is 0 Å². The Labute approximate surface area is 132 Å². The van der Waals surface area contributed by atoms with Crippen LogP contribution in [0.2, 0.25) is 0 Å². The molecule has 0 aliphatic carbocycles. The van der Waals surface area contributed by atoms with E-state index >= 15 is 0 Å². The fourth-order valence-corrected chi connectivity index (χ4v) is 2.36. The number of hydrogen-bond donors (Lipinski definition) is 0. The van der Waals surface area contributed by atoms with Gasteiger partial charge >= 0.3 is 0 Å². The van der Waals surface area contributed by atoms with Gasteiger partial charge in [-0.25, -0.2) is 0 Å². The zero-order chi connectivity index (χ0) is 16.5. The summed E-state index contributed by atoms with van der Waals surface area (Å²) in [7, 11) is 0. The zero-order valence-corrected chi connectivity index (χ0v) is 15.2. The van der Waals surface area contributed by atoms with Gasteiger partial charge in [0.25, 0.3) is 0 Å². The van der Waals surface area contributed by atoms with Gasteiger partial charge in [0, 0.05) is 25.7 Å². The summed E-state index contributed by atoms with van der Waals surface area (Å²) in [6.07, 6.45) is 7.37. The highest BCUT2D eigenvalue weighted by Crippen LogP contribution is 2.23. The summed E-state index contributed by atoms with van der Waals surface area (Å²) < 4.78 is 0. The molecule has 0 bridgehead atoms. The molecule has 0 aliphatic heterocycles. The Morgan fingerprint density at radius 2 is 0.857 bits per heavy atom. The summed E-state index contributed by atoms with van der Waals surface area (Å²) in [6.45, 7) is 13.2. The topological polar surface area (TPSA) is 34.1 Å². The average molecular weight is 296 g/mol. The summed E-state index contributed by atoms with van der Waals surface area (Å²) in [6, 6.07) is 0. The van der Waals surface area contributed by atoms with Crippen molar-refractivity contribution in [2.24, 2.45) is 10.8 Å². The van der Waals surface area contributed by atoms with Gasteiger partial charge < -0.3 is 0 Å². The fourth-order valence-electron chi connectivity index (χ4n) is 2.36. The highest BCUT2D eigenvalue weighted by molar-refractivity contribution is 5.81. The van der Waals surface area contributed by atoms with E-state index in [0.29, 0.717) is 48.1 Å². The van der Waals surface area contributed by atoms with Crippen LogP contribution in [0.1, 0.15) is 99.3 Å². The second-order valence-electron chi connectivity index (χ2n) is 8.76. The number of ketones is 2. The molecule has 0 amide bonds. The number of rotatable bonds is 10. The summed E-state index contributed by atoms with van der Waals surface area (Å²) in [5.41, 5.74) is 0.618. The summed E-state index contributed by atoms with van der Waals surface area (Å²) in [5.74, 6) is 0.642. The van der Waals surface area contributed by atoms with Crippen molar-refractivity contribution in [2.45, 2.75) is 99.3 Å². The van der Waals surface area contributed by atoms with E-state index in [1.807, 2.05) is 0 Å². The van der Waals surface area contributed by atoms with Crippen LogP contribution in [-0.2, 0) is 9.59 Å². The summed E-state index contributed by atoms with van der Waals surface area (Å²) in [5, 5.41) is 0. The van der Waals surface area contributed by atoms with Crippen molar-refractivity contribution in [1.82, 2.24) is 0 Å². The molecule has 0 aliphatic rings. The molecule has 0 saturated heterocycles. The van der Waals surface area contributed by atoms with Gasteiger partial charge in [0.15, 0.2) is 0 Å². The molecule has 0 N–H and O–H groups in total. The molecule has 0 aromatic rings. The number of Topliss-reactive ketones (excluding diaryl/α,β-unsaturated/α-hetero) is 2. The fraction of sp³-hybridized carbons (Fsp3) is 0.895. The molecular weight excluding hydrogens is 260 g/mol. The smallest absolute Gasteiger partial charge is 0.132 e. The van der Waals surface area contributed by atoms with Crippen molar-refractivity contribution in [2.75, 3.05) is 0 Å². The molecule has 0 saturated carbocycles. The van der Waals surface area contributed by atoms with Gasteiger partial charge in [-0.15, -0.1) is 0 Å². The molecule has 0 atom stereocenters. The van der Waals surface area contributed by atoms with Crippen LogP contribution in [0.4, 0.5) is 0 Å². The Morgan fingerprint density at radius 1 is 0.571 bits per heavy atom. The van der Waals surface area contributed by atoms with E-state index in [1.54, 1.807) is 0 Å². The van der Waals surface area contributed by atoms with E-state index < -0.39 is 0 Å². The minimum absolute atomic E-state index is 0.309. The largest absolute Gasteiger partial charge is 0.300 e. The van der Waals surface area contributed by atoms with E-state index in [2.05, 4.69) is 41.5 Å². The van der Waals surface area contributed by atoms with Gasteiger partial charge in [-0.05, 0) is 42.9 Å². The lowest BCUT2D eigenvalue weighted by Crippen LogP contribution is -2.08. The number of hydrogen-bond acceptors (Lipinski definition) is 2. The molecule has 0 rings (SSSR count). The highest BCUT2D eigenvalue weighted by Gasteiger charge is 2.13. The number of carbonyl (C=O) groups is 2. The molecule has 21 heavy (non-hydrogen) atoms. The monoisotopic (exact) mass is 296 g/mol. The predicted molar refractivity (Wildman–Crippen MR) is 90.5 cm³/mol. The summed E-state index contributed by atoms with van der Waals surface area (Å²) in [4.78, 5) is 23.5. The van der Waals surface area contributed by atoms with E-state index in [9.17, 15) is 9.59 Å². The lowest BCUT2D eigenvalue weighted by molar-refractivity contribution is -0.120. The van der Waals surface area contributed by atoms with Crippen LogP contribution in [0, 0.1) is 10.8 Å². The Morgan fingerprint density at radius 3 is 1.14 bits per heavy atom. The van der Waals surface area contributed by atoms with Crippen LogP contribution >= 0.6 is 0 Å². The molecule has 0 spiro atoms. The molecule has 0 unspecified atom stereocenters. The van der Waals surface area contributed by atoms with Crippen LogP contribution in [0.3, 0.4) is 0 Å². The van der Waals surface area contributed by atoms with Crippen molar-refractivity contribution in [3.05, 3.63) is 0 Å². The molecular formula is C19H36O2. The van der Waals surface area contributed by atoms with E-state index in [1.165, 1.54) is 0 Å². The van der Waals surface area contributed by atoms with Crippen LogP contribution in [-0.4, -0.2) is 11.6 Å².